The zero-order valence-corrected chi connectivity index (χ0v) is 10.4. The Balaban J connectivity index is 2.59. The fraction of sp³-hybridized carbons (Fsp3) is 0.250. The van der Waals surface area contributed by atoms with Gasteiger partial charge in [-0.2, -0.15) is 0 Å². The average molecular weight is 223 g/mol. The van der Waals surface area contributed by atoms with E-state index in [1.807, 2.05) is 0 Å². The van der Waals surface area contributed by atoms with Crippen LogP contribution in [0.4, 0.5) is 0 Å². The summed E-state index contributed by atoms with van der Waals surface area (Å²) in [4.78, 5) is 0. The van der Waals surface area contributed by atoms with Gasteiger partial charge < -0.3 is 4.57 Å². The molecule has 0 aliphatic heterocycles. The first-order valence-electron chi connectivity index (χ1n) is 6.35. The molecule has 86 valence electrons. The maximum Gasteiger partial charge on any atom is 0.0494 e. The quantitative estimate of drug-likeness (QED) is 0.607. The van der Waals surface area contributed by atoms with Crippen LogP contribution >= 0.6 is 0 Å². The van der Waals surface area contributed by atoms with Crippen LogP contribution in [0.2, 0.25) is 0 Å². The van der Waals surface area contributed by atoms with E-state index in [0.717, 1.165) is 13.0 Å². The summed E-state index contributed by atoms with van der Waals surface area (Å²) >= 11 is 0. The summed E-state index contributed by atoms with van der Waals surface area (Å²) in [6, 6.07) is 15.4. The molecule has 0 amide bonds. The van der Waals surface area contributed by atoms with E-state index in [-0.39, 0.29) is 0 Å². The Labute approximate surface area is 102 Å². The van der Waals surface area contributed by atoms with Crippen LogP contribution in [-0.2, 0) is 13.0 Å². The van der Waals surface area contributed by atoms with E-state index in [0.29, 0.717) is 0 Å². The second-order valence-electron chi connectivity index (χ2n) is 4.43. The Morgan fingerprint density at radius 2 is 1.65 bits per heavy atom. The maximum atomic E-state index is 2.41. The van der Waals surface area contributed by atoms with Crippen molar-refractivity contribution in [1.29, 1.82) is 0 Å². The number of benzene rings is 2. The van der Waals surface area contributed by atoms with Crippen LogP contribution in [0, 0.1) is 0 Å². The Morgan fingerprint density at radius 3 is 2.41 bits per heavy atom. The van der Waals surface area contributed by atoms with Gasteiger partial charge in [0.1, 0.15) is 0 Å². The molecule has 1 heteroatoms. The third-order valence-corrected chi connectivity index (χ3v) is 3.58. The lowest BCUT2D eigenvalue weighted by Crippen LogP contribution is -1.92. The van der Waals surface area contributed by atoms with Crippen LogP contribution in [0.5, 0.6) is 0 Å². The van der Waals surface area contributed by atoms with E-state index < -0.39 is 0 Å². The first-order valence-corrected chi connectivity index (χ1v) is 6.35. The molecule has 1 nitrogen and oxygen atoms in total. The second kappa shape index (κ2) is 3.92. The van der Waals surface area contributed by atoms with Gasteiger partial charge in [0.25, 0.3) is 0 Å². The maximum absolute atomic E-state index is 2.41. The summed E-state index contributed by atoms with van der Waals surface area (Å²) in [6.45, 7) is 5.47. The van der Waals surface area contributed by atoms with Crippen molar-refractivity contribution in [2.45, 2.75) is 26.8 Å². The predicted octanol–water partition coefficient (Wildman–Crippen LogP) is 4.38. The van der Waals surface area contributed by atoms with E-state index in [9.17, 15) is 0 Å². The minimum Gasteiger partial charge on any atom is -0.341 e. The minimum atomic E-state index is 1.02. The van der Waals surface area contributed by atoms with Crippen molar-refractivity contribution in [3.63, 3.8) is 0 Å². The molecule has 2 aromatic carbocycles. The van der Waals surface area contributed by atoms with E-state index in [1.54, 1.807) is 0 Å². The summed E-state index contributed by atoms with van der Waals surface area (Å²) in [6.07, 6.45) is 1.09. The van der Waals surface area contributed by atoms with Gasteiger partial charge in [-0.3, -0.25) is 0 Å². The molecule has 0 saturated heterocycles. The first kappa shape index (κ1) is 10.4. The lowest BCUT2D eigenvalue weighted by Gasteiger charge is -2.03. The number of aryl methyl sites for hydroxylation is 2. The van der Waals surface area contributed by atoms with Crippen molar-refractivity contribution in [2.75, 3.05) is 0 Å². The van der Waals surface area contributed by atoms with Gasteiger partial charge in [-0.05, 0) is 31.0 Å². The number of para-hydroxylation sites is 1. The van der Waals surface area contributed by atoms with Crippen molar-refractivity contribution in [2.24, 2.45) is 0 Å². The third-order valence-electron chi connectivity index (χ3n) is 3.58. The molecule has 0 bridgehead atoms. The highest BCUT2D eigenvalue weighted by Crippen LogP contribution is 2.31. The Bertz CT molecular complexity index is 676. The second-order valence-corrected chi connectivity index (χ2v) is 4.43. The number of fused-ring (bicyclic) bond motifs is 3. The van der Waals surface area contributed by atoms with E-state index in [1.165, 1.54) is 27.4 Å². The van der Waals surface area contributed by atoms with Crippen LogP contribution < -0.4 is 0 Å². The van der Waals surface area contributed by atoms with Crippen molar-refractivity contribution in [3.05, 3.63) is 48.0 Å². The fourth-order valence-electron chi connectivity index (χ4n) is 2.81. The number of hydrogen-bond donors (Lipinski definition) is 0. The average Bonchev–Trinajstić information content (AvgIpc) is 2.72. The molecule has 0 aliphatic carbocycles. The Kier molecular flexibility index (Phi) is 2.40. The molecule has 3 aromatic rings. The molecule has 0 radical (unpaired) electrons. The molecule has 0 unspecified atom stereocenters. The molecule has 0 fully saturated rings. The highest BCUT2D eigenvalue weighted by atomic mass is 15.0. The molecule has 0 atom stereocenters. The van der Waals surface area contributed by atoms with Crippen LogP contribution in [0.1, 0.15) is 19.4 Å². The minimum absolute atomic E-state index is 1.02. The third kappa shape index (κ3) is 1.39. The summed E-state index contributed by atoms with van der Waals surface area (Å²) < 4.78 is 2.41. The number of hydrogen-bond acceptors (Lipinski definition) is 0. The number of rotatable bonds is 2. The van der Waals surface area contributed by atoms with Crippen molar-refractivity contribution >= 4 is 21.8 Å². The topological polar surface area (TPSA) is 4.93 Å². The molecule has 0 aliphatic rings. The van der Waals surface area contributed by atoms with Gasteiger partial charge >= 0.3 is 0 Å². The Morgan fingerprint density at radius 1 is 0.882 bits per heavy atom. The SMILES string of the molecule is CCc1cccc2c1c1ccccc1n2CC. The molecular weight excluding hydrogens is 206 g/mol. The lowest BCUT2D eigenvalue weighted by molar-refractivity contribution is 0.827. The van der Waals surface area contributed by atoms with Gasteiger partial charge in [-0.25, -0.2) is 0 Å². The molecule has 1 heterocycles. The number of aromatic nitrogens is 1. The van der Waals surface area contributed by atoms with E-state index >= 15 is 0 Å². The molecule has 17 heavy (non-hydrogen) atoms. The Hall–Kier alpha value is -1.76. The van der Waals surface area contributed by atoms with Crippen molar-refractivity contribution in [3.8, 4) is 0 Å². The molecule has 0 N–H and O–H groups in total. The monoisotopic (exact) mass is 223 g/mol. The standard InChI is InChI=1S/C16H17N/c1-3-12-8-7-11-15-16(12)13-9-5-6-10-14(13)17(15)4-2/h5-11H,3-4H2,1-2H3. The van der Waals surface area contributed by atoms with E-state index in [2.05, 4.69) is 60.9 Å². The zero-order valence-electron chi connectivity index (χ0n) is 10.4. The van der Waals surface area contributed by atoms with Gasteiger partial charge in [-0.1, -0.05) is 37.3 Å². The largest absolute Gasteiger partial charge is 0.341 e. The first-order chi connectivity index (χ1) is 8.36. The van der Waals surface area contributed by atoms with Crippen molar-refractivity contribution in [1.82, 2.24) is 4.57 Å². The van der Waals surface area contributed by atoms with E-state index in [4.69, 9.17) is 0 Å². The number of nitrogens with zero attached hydrogens (tertiary/aromatic N) is 1. The van der Waals surface area contributed by atoms with Crippen LogP contribution in [0.15, 0.2) is 42.5 Å². The van der Waals surface area contributed by atoms with Crippen LogP contribution in [-0.4, -0.2) is 4.57 Å². The van der Waals surface area contributed by atoms with Gasteiger partial charge in [0.05, 0.1) is 0 Å². The summed E-state index contributed by atoms with van der Waals surface area (Å²) in [5.41, 5.74) is 4.17. The smallest absolute Gasteiger partial charge is 0.0494 e. The highest BCUT2D eigenvalue weighted by molar-refractivity contribution is 6.09. The van der Waals surface area contributed by atoms with Gasteiger partial charge in [0, 0.05) is 28.4 Å². The molecule has 0 saturated carbocycles. The highest BCUT2D eigenvalue weighted by Gasteiger charge is 2.10. The van der Waals surface area contributed by atoms with Gasteiger partial charge in [-0.15, -0.1) is 0 Å². The summed E-state index contributed by atoms with van der Waals surface area (Å²) in [7, 11) is 0. The normalized spacial score (nSPS) is 11.4. The van der Waals surface area contributed by atoms with Gasteiger partial charge in [0.2, 0.25) is 0 Å². The van der Waals surface area contributed by atoms with Crippen LogP contribution in [0.25, 0.3) is 21.8 Å². The van der Waals surface area contributed by atoms with Crippen LogP contribution in [0.3, 0.4) is 0 Å². The summed E-state index contributed by atoms with van der Waals surface area (Å²) in [5, 5.41) is 2.83. The lowest BCUT2D eigenvalue weighted by atomic mass is 10.0. The molecule has 3 rings (SSSR count). The van der Waals surface area contributed by atoms with Crippen molar-refractivity contribution < 1.29 is 0 Å². The zero-order chi connectivity index (χ0) is 11.8. The predicted molar refractivity (Wildman–Crippen MR) is 74.5 cm³/mol. The molecule has 1 aromatic heterocycles. The van der Waals surface area contributed by atoms with Gasteiger partial charge in [0.15, 0.2) is 0 Å². The molecule has 0 spiro atoms. The fourth-order valence-corrected chi connectivity index (χ4v) is 2.81. The summed E-state index contributed by atoms with van der Waals surface area (Å²) in [5.74, 6) is 0. The molecular formula is C16H17N.